The molecule has 2 aromatic rings. The normalized spacial score (nSPS) is 21.2. The molecule has 0 spiro atoms. The van der Waals surface area contributed by atoms with E-state index in [1.807, 2.05) is 4.90 Å². The summed E-state index contributed by atoms with van der Waals surface area (Å²) in [6, 6.07) is 3.41. The number of esters is 1. The highest BCUT2D eigenvalue weighted by Crippen LogP contribution is 2.24. The van der Waals surface area contributed by atoms with Gasteiger partial charge < -0.3 is 18.6 Å². The molecular weight excluding hydrogens is 308 g/mol. The van der Waals surface area contributed by atoms with Crippen molar-refractivity contribution < 1.29 is 18.7 Å². The van der Waals surface area contributed by atoms with Crippen molar-refractivity contribution in [1.82, 2.24) is 9.47 Å². The van der Waals surface area contributed by atoms with Gasteiger partial charge in [-0.15, -0.1) is 0 Å². The van der Waals surface area contributed by atoms with E-state index in [9.17, 15) is 9.59 Å². The highest BCUT2D eigenvalue weighted by Gasteiger charge is 2.27. The van der Waals surface area contributed by atoms with Crippen LogP contribution in [0.15, 0.2) is 22.8 Å². The minimum atomic E-state index is -0.433. The van der Waals surface area contributed by atoms with E-state index in [-0.39, 0.29) is 12.5 Å². The summed E-state index contributed by atoms with van der Waals surface area (Å²) < 4.78 is 12.2. The zero-order valence-corrected chi connectivity index (χ0v) is 14.4. The molecule has 1 saturated heterocycles. The van der Waals surface area contributed by atoms with Crippen molar-refractivity contribution in [3.05, 3.63) is 24.1 Å². The van der Waals surface area contributed by atoms with Crippen molar-refractivity contribution >= 4 is 23.0 Å². The Morgan fingerprint density at radius 3 is 2.67 bits per heavy atom. The van der Waals surface area contributed by atoms with Crippen molar-refractivity contribution in [1.29, 1.82) is 0 Å². The summed E-state index contributed by atoms with van der Waals surface area (Å²) in [7, 11) is 0. The first-order valence-corrected chi connectivity index (χ1v) is 8.51. The summed E-state index contributed by atoms with van der Waals surface area (Å²) in [6.07, 6.45) is 2.71. The Labute approximate surface area is 141 Å². The molecule has 6 nitrogen and oxygen atoms in total. The summed E-state index contributed by atoms with van der Waals surface area (Å²) in [5, 5.41) is 0. The Hall–Kier alpha value is -2.24. The quantitative estimate of drug-likeness (QED) is 0.808. The summed E-state index contributed by atoms with van der Waals surface area (Å²) in [6.45, 7) is 8.06. The number of carbonyl (C=O) groups excluding carboxylic acids is 2. The molecule has 0 aliphatic carbocycles. The van der Waals surface area contributed by atoms with Gasteiger partial charge in [-0.1, -0.05) is 13.8 Å². The molecule has 0 radical (unpaired) electrons. The predicted molar refractivity (Wildman–Crippen MR) is 89.7 cm³/mol. The summed E-state index contributed by atoms with van der Waals surface area (Å²) in [4.78, 5) is 26.9. The zero-order chi connectivity index (χ0) is 17.3. The number of furan rings is 1. The van der Waals surface area contributed by atoms with Crippen LogP contribution in [0.1, 0.15) is 37.7 Å². The van der Waals surface area contributed by atoms with Crippen LogP contribution >= 0.6 is 0 Å². The van der Waals surface area contributed by atoms with Crippen molar-refractivity contribution in [2.45, 2.75) is 33.7 Å². The van der Waals surface area contributed by atoms with Crippen molar-refractivity contribution in [2.24, 2.45) is 11.8 Å². The maximum absolute atomic E-state index is 12.8. The number of rotatable bonds is 4. The number of likely N-dealkylation sites (tertiary alicyclic amines) is 1. The molecule has 3 heterocycles. The van der Waals surface area contributed by atoms with Gasteiger partial charge in [-0.3, -0.25) is 4.79 Å². The van der Waals surface area contributed by atoms with Crippen LogP contribution in [0.4, 0.5) is 0 Å². The number of hydrogen-bond acceptors (Lipinski definition) is 4. The number of amides is 1. The molecule has 130 valence electrons. The van der Waals surface area contributed by atoms with Crippen LogP contribution in [0.3, 0.4) is 0 Å². The molecule has 3 rings (SSSR count). The molecule has 1 amide bonds. The van der Waals surface area contributed by atoms with Crippen molar-refractivity contribution in [2.75, 3.05) is 19.7 Å². The third kappa shape index (κ3) is 3.18. The number of fused-ring (bicyclic) bond motifs is 1. The topological polar surface area (TPSA) is 64.7 Å². The Balaban J connectivity index is 1.85. The molecule has 24 heavy (non-hydrogen) atoms. The van der Waals surface area contributed by atoms with Gasteiger partial charge >= 0.3 is 5.97 Å². The van der Waals surface area contributed by atoms with E-state index in [0.717, 1.165) is 25.0 Å². The lowest BCUT2D eigenvalue weighted by atomic mass is 9.92. The van der Waals surface area contributed by atoms with Gasteiger partial charge in [-0.05, 0) is 25.2 Å². The molecule has 1 aliphatic heterocycles. The van der Waals surface area contributed by atoms with E-state index in [4.69, 9.17) is 9.15 Å². The highest BCUT2D eigenvalue weighted by molar-refractivity contribution is 5.95. The Morgan fingerprint density at radius 1 is 1.29 bits per heavy atom. The first-order valence-electron chi connectivity index (χ1n) is 8.51. The lowest BCUT2D eigenvalue weighted by Gasteiger charge is -2.35. The maximum atomic E-state index is 12.8. The largest absolute Gasteiger partial charge is 0.463 e. The van der Waals surface area contributed by atoms with Gasteiger partial charge in [0, 0.05) is 25.2 Å². The number of nitrogens with zero attached hydrogens (tertiary/aromatic N) is 2. The van der Waals surface area contributed by atoms with Gasteiger partial charge in [-0.25, -0.2) is 4.79 Å². The van der Waals surface area contributed by atoms with E-state index in [2.05, 4.69) is 13.8 Å². The van der Waals surface area contributed by atoms with E-state index < -0.39 is 5.97 Å². The fourth-order valence-electron chi connectivity index (χ4n) is 3.62. The molecule has 2 aromatic heterocycles. The van der Waals surface area contributed by atoms with Gasteiger partial charge in [0.1, 0.15) is 12.2 Å². The molecule has 0 N–H and O–H groups in total. The second-order valence-electron chi connectivity index (χ2n) is 6.75. The van der Waals surface area contributed by atoms with E-state index in [0.29, 0.717) is 29.7 Å². The lowest BCUT2D eigenvalue weighted by Crippen LogP contribution is -2.44. The molecule has 2 atom stereocenters. The third-order valence-electron chi connectivity index (χ3n) is 4.52. The van der Waals surface area contributed by atoms with Crippen LogP contribution in [0.5, 0.6) is 0 Å². The molecule has 0 saturated carbocycles. The van der Waals surface area contributed by atoms with Crippen LogP contribution in [-0.4, -0.2) is 41.0 Å². The molecular formula is C18H24N2O4. The van der Waals surface area contributed by atoms with Gasteiger partial charge in [-0.2, -0.15) is 0 Å². The number of aromatic nitrogens is 1. The van der Waals surface area contributed by atoms with Gasteiger partial charge in [0.15, 0.2) is 5.58 Å². The zero-order valence-electron chi connectivity index (χ0n) is 14.4. The first kappa shape index (κ1) is 16.6. The van der Waals surface area contributed by atoms with Crippen LogP contribution in [0.2, 0.25) is 0 Å². The van der Waals surface area contributed by atoms with Crippen LogP contribution in [-0.2, 0) is 16.1 Å². The second kappa shape index (κ2) is 6.71. The monoisotopic (exact) mass is 332 g/mol. The average molecular weight is 332 g/mol. The molecule has 0 bridgehead atoms. The van der Waals surface area contributed by atoms with Gasteiger partial charge in [0.25, 0.3) is 0 Å². The molecule has 0 aromatic carbocycles. The fraction of sp³-hybridized carbons (Fsp3) is 0.556. The number of ether oxygens (including phenoxy) is 1. The van der Waals surface area contributed by atoms with Crippen LogP contribution < -0.4 is 0 Å². The minimum absolute atomic E-state index is 0.0256. The second-order valence-corrected chi connectivity index (χ2v) is 6.75. The van der Waals surface area contributed by atoms with E-state index in [1.54, 1.807) is 29.9 Å². The Kier molecular flexibility index (Phi) is 4.64. The number of piperidine rings is 1. The SMILES string of the molecule is CCOC(=O)c1cc2occc2n1CC(=O)N1C[C@@H](C)C[C@H](C)C1. The highest BCUT2D eigenvalue weighted by atomic mass is 16.5. The standard InChI is InChI=1S/C18H24N2O4/c1-4-23-18(22)15-8-16-14(5-6-24-16)20(15)11-17(21)19-9-12(2)7-13(3)10-19/h5-6,8,12-13H,4,7,9-11H2,1-3H3/t12-,13-/m0/s1. The molecule has 6 heteroatoms. The van der Waals surface area contributed by atoms with E-state index in [1.165, 1.54) is 0 Å². The Morgan fingerprint density at radius 2 is 2.00 bits per heavy atom. The predicted octanol–water partition coefficient (Wildman–Crippen LogP) is 2.92. The van der Waals surface area contributed by atoms with Gasteiger partial charge in [0.2, 0.25) is 5.91 Å². The first-order chi connectivity index (χ1) is 11.5. The summed E-state index contributed by atoms with van der Waals surface area (Å²) in [5.41, 5.74) is 1.69. The number of hydrogen-bond donors (Lipinski definition) is 0. The van der Waals surface area contributed by atoms with Gasteiger partial charge in [0.05, 0.1) is 18.4 Å². The fourth-order valence-corrected chi connectivity index (χ4v) is 3.62. The van der Waals surface area contributed by atoms with Crippen LogP contribution in [0.25, 0.3) is 11.1 Å². The lowest BCUT2D eigenvalue weighted by molar-refractivity contribution is -0.134. The average Bonchev–Trinajstić information content (AvgIpc) is 3.09. The summed E-state index contributed by atoms with van der Waals surface area (Å²) >= 11 is 0. The van der Waals surface area contributed by atoms with Crippen molar-refractivity contribution in [3.8, 4) is 0 Å². The maximum Gasteiger partial charge on any atom is 0.355 e. The molecule has 1 aliphatic rings. The smallest absolute Gasteiger partial charge is 0.355 e. The third-order valence-corrected chi connectivity index (χ3v) is 4.52. The molecule has 1 fully saturated rings. The molecule has 0 unspecified atom stereocenters. The van der Waals surface area contributed by atoms with E-state index >= 15 is 0 Å². The van der Waals surface area contributed by atoms with Crippen molar-refractivity contribution in [3.63, 3.8) is 0 Å². The summed E-state index contributed by atoms with van der Waals surface area (Å²) in [5.74, 6) is 0.594. The Bertz CT molecular complexity index is 735. The minimum Gasteiger partial charge on any atom is -0.463 e. The number of carbonyl (C=O) groups is 2. The van der Waals surface area contributed by atoms with Crippen LogP contribution in [0, 0.1) is 11.8 Å².